The van der Waals surface area contributed by atoms with Crippen molar-refractivity contribution in [1.29, 1.82) is 0 Å². The van der Waals surface area contributed by atoms with Gasteiger partial charge in [-0.15, -0.1) is 0 Å². The molecule has 0 bridgehead atoms. The van der Waals surface area contributed by atoms with E-state index >= 15 is 0 Å². The van der Waals surface area contributed by atoms with Gasteiger partial charge in [-0.05, 0) is 6.92 Å². The van der Waals surface area contributed by atoms with Crippen LogP contribution in [0.1, 0.15) is 23.1 Å². The van der Waals surface area contributed by atoms with Gasteiger partial charge < -0.3 is 5.11 Å². The first-order valence-corrected chi connectivity index (χ1v) is 5.56. The topological polar surface area (TPSA) is 76.2 Å². The molecule has 0 saturated heterocycles. The average molecular weight is 286 g/mol. The molecule has 3 N–H and O–H groups in total. The number of carbonyl (C=O) groups is 1. The number of fused-ring (bicyclic) bond motifs is 1. The Labute approximate surface area is 113 Å². The largest absolute Gasteiger partial charge is 0.505 e. The van der Waals surface area contributed by atoms with Crippen LogP contribution in [-0.2, 0) is 0 Å². The molecule has 0 saturated carbocycles. The summed E-state index contributed by atoms with van der Waals surface area (Å²) < 4.78 is 30.4. The zero-order valence-electron chi connectivity index (χ0n) is 10.8. The van der Waals surface area contributed by atoms with Crippen molar-refractivity contribution in [2.45, 2.75) is 20.1 Å². The van der Waals surface area contributed by atoms with E-state index in [-0.39, 0.29) is 17.2 Å². The lowest BCUT2D eigenvalue weighted by atomic mass is 10.1. The molecule has 1 heterocycles. The van der Waals surface area contributed by atoms with Gasteiger partial charge in [0.15, 0.2) is 11.5 Å². The summed E-state index contributed by atoms with van der Waals surface area (Å²) in [7, 11) is 0. The standard InChI is InChI=1S/C12H11NO2.CH2F3N/c1-7-9-5-3-4-6-10(9)12(15)11(13-7)8(2)14;2-1(3,4)5/h3-6,15H,1-2H3;5H2. The third kappa shape index (κ3) is 4.20. The summed E-state index contributed by atoms with van der Waals surface area (Å²) in [5, 5.41) is 11.4. The van der Waals surface area contributed by atoms with E-state index in [9.17, 15) is 23.1 Å². The van der Waals surface area contributed by atoms with Gasteiger partial charge in [0.25, 0.3) is 0 Å². The molecule has 0 fully saturated rings. The molecule has 7 heteroatoms. The number of nitrogens with zero attached hydrogens (tertiary/aromatic N) is 1. The summed E-state index contributed by atoms with van der Waals surface area (Å²) in [6, 6.07) is 7.36. The maximum Gasteiger partial charge on any atom is 0.454 e. The van der Waals surface area contributed by atoms with Gasteiger partial charge in [-0.3, -0.25) is 4.79 Å². The van der Waals surface area contributed by atoms with Crippen LogP contribution in [0.25, 0.3) is 10.8 Å². The number of Topliss-reactive ketones (excluding diaryl/α,β-unsaturated/α-hetero) is 1. The van der Waals surface area contributed by atoms with Gasteiger partial charge in [0.1, 0.15) is 5.69 Å². The molecule has 0 aliphatic heterocycles. The SMILES string of the molecule is CC(=O)c1nc(C)c2ccccc2c1O.NC(F)(F)F. The van der Waals surface area contributed by atoms with Crippen molar-refractivity contribution in [3.8, 4) is 5.75 Å². The minimum Gasteiger partial charge on any atom is -0.505 e. The highest BCUT2D eigenvalue weighted by Crippen LogP contribution is 2.29. The van der Waals surface area contributed by atoms with Crippen LogP contribution in [0.5, 0.6) is 5.75 Å². The Morgan fingerprint density at radius 1 is 1.25 bits per heavy atom. The third-order valence-electron chi connectivity index (χ3n) is 2.41. The highest BCUT2D eigenvalue weighted by Gasteiger charge is 2.17. The van der Waals surface area contributed by atoms with Crippen molar-refractivity contribution in [3.05, 3.63) is 35.7 Å². The fourth-order valence-corrected chi connectivity index (χ4v) is 1.66. The van der Waals surface area contributed by atoms with Gasteiger partial charge >= 0.3 is 6.30 Å². The molecule has 0 aliphatic rings. The fraction of sp³-hybridized carbons (Fsp3) is 0.231. The lowest BCUT2D eigenvalue weighted by Crippen LogP contribution is -2.20. The molecule has 4 nitrogen and oxygen atoms in total. The Balaban J connectivity index is 0.000000347. The number of aryl methyl sites for hydroxylation is 1. The second-order valence-electron chi connectivity index (χ2n) is 4.04. The molecule has 2 rings (SSSR count). The summed E-state index contributed by atoms with van der Waals surface area (Å²) in [5.41, 5.74) is 4.26. The van der Waals surface area contributed by atoms with Gasteiger partial charge in [0.2, 0.25) is 0 Å². The lowest BCUT2D eigenvalue weighted by Gasteiger charge is -2.07. The van der Waals surface area contributed by atoms with Crippen molar-refractivity contribution in [2.24, 2.45) is 5.73 Å². The number of alkyl halides is 3. The average Bonchev–Trinajstić information content (AvgIpc) is 2.31. The summed E-state index contributed by atoms with van der Waals surface area (Å²) in [6.07, 6.45) is -4.50. The maximum absolute atomic E-state index is 11.2. The Bertz CT molecular complexity index is 633. The van der Waals surface area contributed by atoms with Crippen LogP contribution in [0.4, 0.5) is 13.2 Å². The number of hydrogen-bond acceptors (Lipinski definition) is 4. The molecule has 1 aromatic heterocycles. The predicted octanol–water partition coefficient (Wildman–Crippen LogP) is 2.92. The van der Waals surface area contributed by atoms with E-state index in [0.29, 0.717) is 5.39 Å². The van der Waals surface area contributed by atoms with Crippen molar-refractivity contribution in [1.82, 2.24) is 4.98 Å². The first-order chi connectivity index (χ1) is 9.11. The number of pyridine rings is 1. The van der Waals surface area contributed by atoms with E-state index in [4.69, 9.17) is 0 Å². The predicted molar refractivity (Wildman–Crippen MR) is 68.4 cm³/mol. The number of rotatable bonds is 1. The number of aromatic nitrogens is 1. The Morgan fingerprint density at radius 3 is 2.15 bits per heavy atom. The maximum atomic E-state index is 11.2. The molecule has 108 valence electrons. The highest BCUT2D eigenvalue weighted by atomic mass is 19.4. The van der Waals surface area contributed by atoms with E-state index in [1.54, 1.807) is 6.07 Å². The summed E-state index contributed by atoms with van der Waals surface area (Å²) in [5.74, 6) is -0.245. The molecular weight excluding hydrogens is 273 g/mol. The molecule has 0 atom stereocenters. The van der Waals surface area contributed by atoms with Crippen LogP contribution >= 0.6 is 0 Å². The number of benzene rings is 1. The number of hydrogen-bond donors (Lipinski definition) is 2. The van der Waals surface area contributed by atoms with Crippen molar-refractivity contribution >= 4 is 16.6 Å². The molecule has 0 radical (unpaired) electrons. The smallest absolute Gasteiger partial charge is 0.454 e. The summed E-state index contributed by atoms with van der Waals surface area (Å²) in [6.45, 7) is 3.23. The van der Waals surface area contributed by atoms with E-state index in [0.717, 1.165) is 11.1 Å². The lowest BCUT2D eigenvalue weighted by molar-refractivity contribution is -0.122. The quantitative estimate of drug-likeness (QED) is 0.624. The van der Waals surface area contributed by atoms with Crippen LogP contribution in [0, 0.1) is 6.92 Å². The van der Waals surface area contributed by atoms with Crippen molar-refractivity contribution in [3.63, 3.8) is 0 Å². The molecule has 0 aliphatic carbocycles. The van der Waals surface area contributed by atoms with Crippen LogP contribution in [0.3, 0.4) is 0 Å². The van der Waals surface area contributed by atoms with E-state index in [1.807, 2.05) is 25.1 Å². The van der Waals surface area contributed by atoms with Crippen LogP contribution in [0.15, 0.2) is 24.3 Å². The van der Waals surface area contributed by atoms with Crippen molar-refractivity contribution < 1.29 is 23.1 Å². The number of ketones is 1. The second-order valence-corrected chi connectivity index (χ2v) is 4.04. The van der Waals surface area contributed by atoms with Gasteiger partial charge in [-0.1, -0.05) is 24.3 Å². The normalized spacial score (nSPS) is 10.9. The minimum atomic E-state index is -4.50. The Kier molecular flexibility index (Phi) is 4.67. The number of halogens is 3. The monoisotopic (exact) mass is 286 g/mol. The molecule has 0 amide bonds. The van der Waals surface area contributed by atoms with Crippen molar-refractivity contribution in [2.75, 3.05) is 0 Å². The Hall–Kier alpha value is -2.15. The highest BCUT2D eigenvalue weighted by molar-refractivity contribution is 6.02. The minimum absolute atomic E-state index is 0.0244. The van der Waals surface area contributed by atoms with E-state index in [1.165, 1.54) is 6.92 Å². The first kappa shape index (κ1) is 15.9. The second kappa shape index (κ2) is 5.87. The molecule has 1 aromatic carbocycles. The molecule has 20 heavy (non-hydrogen) atoms. The number of aromatic hydroxyl groups is 1. The molecule has 0 spiro atoms. The number of carbonyl (C=O) groups excluding carboxylic acids is 1. The van der Waals surface area contributed by atoms with Gasteiger partial charge in [0.05, 0.1) is 0 Å². The van der Waals surface area contributed by atoms with Gasteiger partial charge in [-0.25, -0.2) is 10.7 Å². The fourth-order valence-electron chi connectivity index (χ4n) is 1.66. The zero-order chi connectivity index (χ0) is 15.5. The Morgan fingerprint density at radius 2 is 1.70 bits per heavy atom. The molecule has 2 aromatic rings. The van der Waals surface area contributed by atoms with Crippen LogP contribution in [0.2, 0.25) is 0 Å². The van der Waals surface area contributed by atoms with Gasteiger partial charge in [0, 0.05) is 23.4 Å². The first-order valence-electron chi connectivity index (χ1n) is 5.56. The third-order valence-corrected chi connectivity index (χ3v) is 2.41. The van der Waals surface area contributed by atoms with Crippen LogP contribution < -0.4 is 5.73 Å². The molecule has 0 unspecified atom stereocenters. The van der Waals surface area contributed by atoms with Gasteiger partial charge in [-0.2, -0.15) is 13.2 Å². The number of nitrogens with two attached hydrogens (primary N) is 1. The zero-order valence-corrected chi connectivity index (χ0v) is 10.8. The molecular formula is C13H13F3N2O2. The van der Waals surface area contributed by atoms with E-state index in [2.05, 4.69) is 10.7 Å². The summed E-state index contributed by atoms with van der Waals surface area (Å²) in [4.78, 5) is 15.3. The van der Waals surface area contributed by atoms with Crippen LogP contribution in [-0.4, -0.2) is 22.2 Å². The van der Waals surface area contributed by atoms with E-state index < -0.39 is 6.30 Å². The summed E-state index contributed by atoms with van der Waals surface area (Å²) >= 11 is 0.